The van der Waals surface area contributed by atoms with Gasteiger partial charge < -0.3 is 4.74 Å². The number of carbonyl (C=O) groups excluding carboxylic acids is 2. The fourth-order valence-corrected chi connectivity index (χ4v) is 1.78. The number of hydrogen-bond donors (Lipinski definition) is 2. The molecule has 0 atom stereocenters. The van der Waals surface area contributed by atoms with Gasteiger partial charge in [0.15, 0.2) is 0 Å². The molecule has 0 aromatic heterocycles. The molecule has 1 aromatic carbocycles. The topological polar surface area (TPSA) is 79.8 Å². The highest BCUT2D eigenvalue weighted by atomic mass is 16.5. The quantitative estimate of drug-likeness (QED) is 0.884. The first kappa shape index (κ1) is 14.0. The van der Waals surface area contributed by atoms with Crippen LogP contribution in [0.3, 0.4) is 0 Å². The van der Waals surface area contributed by atoms with Gasteiger partial charge in [0.25, 0.3) is 0 Å². The van der Waals surface area contributed by atoms with Gasteiger partial charge in [-0.1, -0.05) is 19.1 Å². The van der Waals surface area contributed by atoms with Crippen molar-refractivity contribution in [1.82, 2.24) is 5.43 Å². The molecule has 0 saturated heterocycles. The normalized spacial score (nSPS) is 14.2. The van der Waals surface area contributed by atoms with Crippen molar-refractivity contribution < 1.29 is 14.3 Å². The molecule has 2 N–H and O–H groups in total. The molecule has 1 heterocycles. The van der Waals surface area contributed by atoms with Crippen LogP contribution < -0.4 is 10.7 Å². The summed E-state index contributed by atoms with van der Waals surface area (Å²) in [6.45, 7) is 2.34. The molecule has 106 valence electrons. The van der Waals surface area contributed by atoms with Gasteiger partial charge in [-0.05, 0) is 24.1 Å². The van der Waals surface area contributed by atoms with E-state index < -0.39 is 6.09 Å². The van der Waals surface area contributed by atoms with Gasteiger partial charge in [0, 0.05) is 18.5 Å². The van der Waals surface area contributed by atoms with Gasteiger partial charge in [-0.25, -0.2) is 10.2 Å². The second kappa shape index (κ2) is 6.70. The minimum Gasteiger partial charge on any atom is -0.449 e. The van der Waals surface area contributed by atoms with E-state index in [-0.39, 0.29) is 5.91 Å². The number of benzene rings is 1. The summed E-state index contributed by atoms with van der Waals surface area (Å²) in [6.07, 6.45) is 1.40. The second-order valence-corrected chi connectivity index (χ2v) is 4.43. The van der Waals surface area contributed by atoms with E-state index in [1.54, 1.807) is 12.1 Å². The highest BCUT2D eigenvalue weighted by Gasteiger charge is 2.13. The van der Waals surface area contributed by atoms with Crippen LogP contribution in [-0.4, -0.2) is 24.3 Å². The Morgan fingerprint density at radius 2 is 2.10 bits per heavy atom. The Bertz CT molecular complexity index is 523. The molecule has 0 fully saturated rings. The summed E-state index contributed by atoms with van der Waals surface area (Å²) in [6, 6.07) is 7.26. The number of nitrogens with one attached hydrogen (secondary N) is 2. The van der Waals surface area contributed by atoms with Crippen molar-refractivity contribution in [2.45, 2.75) is 26.2 Å². The minimum absolute atomic E-state index is 0.0642. The molecule has 1 aromatic rings. The largest absolute Gasteiger partial charge is 0.449 e. The number of hydrazone groups is 1. The molecule has 0 bridgehead atoms. The zero-order chi connectivity index (χ0) is 14.4. The van der Waals surface area contributed by atoms with Gasteiger partial charge in [0.1, 0.15) is 0 Å². The summed E-state index contributed by atoms with van der Waals surface area (Å²) in [5, 5.41) is 6.66. The maximum atomic E-state index is 11.4. The van der Waals surface area contributed by atoms with Crippen molar-refractivity contribution in [3.63, 3.8) is 0 Å². The van der Waals surface area contributed by atoms with E-state index in [0.29, 0.717) is 25.1 Å². The van der Waals surface area contributed by atoms with Crippen molar-refractivity contribution >= 4 is 23.4 Å². The van der Waals surface area contributed by atoms with E-state index in [1.165, 1.54) is 0 Å². The number of anilines is 1. The maximum absolute atomic E-state index is 11.4. The molecule has 2 amide bonds. The third-order valence-corrected chi connectivity index (χ3v) is 2.81. The molecule has 0 spiro atoms. The molecule has 0 radical (unpaired) electrons. The third-order valence-electron chi connectivity index (χ3n) is 2.81. The molecule has 0 aliphatic carbocycles. The highest BCUT2D eigenvalue weighted by molar-refractivity contribution is 6.04. The summed E-state index contributed by atoms with van der Waals surface area (Å²) in [5.74, 6) is -0.0642. The first-order chi connectivity index (χ1) is 9.69. The van der Waals surface area contributed by atoms with Crippen LogP contribution in [0, 0.1) is 0 Å². The van der Waals surface area contributed by atoms with Gasteiger partial charge in [-0.2, -0.15) is 5.10 Å². The maximum Gasteiger partial charge on any atom is 0.411 e. The molecule has 1 aliphatic rings. The average molecular weight is 275 g/mol. The Morgan fingerprint density at radius 1 is 1.35 bits per heavy atom. The van der Waals surface area contributed by atoms with Crippen LogP contribution >= 0.6 is 0 Å². The van der Waals surface area contributed by atoms with Crippen molar-refractivity contribution in [1.29, 1.82) is 0 Å². The molecule has 6 nitrogen and oxygen atoms in total. The van der Waals surface area contributed by atoms with Crippen LogP contribution in [-0.2, 0) is 9.53 Å². The lowest BCUT2D eigenvalue weighted by atomic mass is 10.0. The van der Waals surface area contributed by atoms with Crippen molar-refractivity contribution in [3.8, 4) is 0 Å². The molecule has 0 unspecified atom stereocenters. The van der Waals surface area contributed by atoms with Crippen LogP contribution in [0.4, 0.5) is 10.5 Å². The number of carbonyl (C=O) groups is 2. The number of amides is 2. The zero-order valence-electron chi connectivity index (χ0n) is 11.3. The summed E-state index contributed by atoms with van der Waals surface area (Å²) in [4.78, 5) is 22.4. The average Bonchev–Trinajstić information content (AvgIpc) is 2.47. The van der Waals surface area contributed by atoms with E-state index in [1.807, 2.05) is 19.1 Å². The van der Waals surface area contributed by atoms with Crippen LogP contribution in [0.1, 0.15) is 31.7 Å². The lowest BCUT2D eigenvalue weighted by Crippen LogP contribution is -2.25. The van der Waals surface area contributed by atoms with Gasteiger partial charge in [-0.3, -0.25) is 10.1 Å². The lowest BCUT2D eigenvalue weighted by molar-refractivity contribution is -0.121. The van der Waals surface area contributed by atoms with Crippen LogP contribution in [0.2, 0.25) is 0 Å². The number of ether oxygens (including phenoxy) is 1. The fourth-order valence-electron chi connectivity index (χ4n) is 1.78. The predicted molar refractivity (Wildman–Crippen MR) is 75.6 cm³/mol. The predicted octanol–water partition coefficient (Wildman–Crippen LogP) is 2.26. The number of nitrogens with zero attached hydrogens (tertiary/aromatic N) is 1. The number of rotatable bonds is 4. The molecular weight excluding hydrogens is 258 g/mol. The Morgan fingerprint density at radius 3 is 2.70 bits per heavy atom. The smallest absolute Gasteiger partial charge is 0.411 e. The fraction of sp³-hybridized carbons (Fsp3) is 0.357. The summed E-state index contributed by atoms with van der Waals surface area (Å²) in [7, 11) is 0. The van der Waals surface area contributed by atoms with Crippen LogP contribution in [0.5, 0.6) is 0 Å². The van der Waals surface area contributed by atoms with Crippen molar-refractivity contribution in [2.24, 2.45) is 5.10 Å². The third kappa shape index (κ3) is 3.81. The molecular formula is C14H17N3O3. The van der Waals surface area contributed by atoms with Crippen molar-refractivity contribution in [3.05, 3.63) is 29.8 Å². The number of hydrogen-bond acceptors (Lipinski definition) is 4. The highest BCUT2D eigenvalue weighted by Crippen LogP contribution is 2.14. The first-order valence-corrected chi connectivity index (χ1v) is 6.58. The Balaban J connectivity index is 1.96. The van der Waals surface area contributed by atoms with Gasteiger partial charge >= 0.3 is 6.09 Å². The van der Waals surface area contributed by atoms with E-state index in [2.05, 4.69) is 15.8 Å². The van der Waals surface area contributed by atoms with E-state index >= 15 is 0 Å². The lowest BCUT2D eigenvalue weighted by Gasteiger charge is -2.12. The SMILES string of the molecule is CCCOC(=O)Nc1ccc(C2=NNC(=O)CC2)cc1. The van der Waals surface area contributed by atoms with Gasteiger partial charge in [-0.15, -0.1) is 0 Å². The summed E-state index contributed by atoms with van der Waals surface area (Å²) >= 11 is 0. The van der Waals surface area contributed by atoms with Crippen LogP contribution in [0.15, 0.2) is 29.4 Å². The van der Waals surface area contributed by atoms with E-state index in [4.69, 9.17) is 4.74 Å². The van der Waals surface area contributed by atoms with Gasteiger partial charge in [0.05, 0.1) is 12.3 Å². The molecule has 20 heavy (non-hydrogen) atoms. The molecule has 2 rings (SSSR count). The molecule has 0 saturated carbocycles. The first-order valence-electron chi connectivity index (χ1n) is 6.58. The standard InChI is InChI=1S/C14H17N3O3/c1-2-9-20-14(19)15-11-5-3-10(4-6-11)12-7-8-13(18)17-16-12/h3-6H,2,7-9H2,1H3,(H,15,19)(H,17,18). The second-order valence-electron chi connectivity index (χ2n) is 4.43. The van der Waals surface area contributed by atoms with Crippen molar-refractivity contribution in [2.75, 3.05) is 11.9 Å². The summed E-state index contributed by atoms with van der Waals surface area (Å²) in [5.41, 5.74) is 4.89. The minimum atomic E-state index is -0.457. The van der Waals surface area contributed by atoms with Crippen LogP contribution in [0.25, 0.3) is 0 Å². The van der Waals surface area contributed by atoms with E-state index in [0.717, 1.165) is 17.7 Å². The monoisotopic (exact) mass is 275 g/mol. The Kier molecular flexibility index (Phi) is 4.70. The zero-order valence-corrected chi connectivity index (χ0v) is 11.3. The molecule has 6 heteroatoms. The summed E-state index contributed by atoms with van der Waals surface area (Å²) < 4.78 is 4.93. The molecule has 1 aliphatic heterocycles. The van der Waals surface area contributed by atoms with E-state index in [9.17, 15) is 9.59 Å². The Labute approximate surface area is 117 Å². The van der Waals surface area contributed by atoms with Gasteiger partial charge in [0.2, 0.25) is 5.91 Å². The Hall–Kier alpha value is -2.37.